The van der Waals surface area contributed by atoms with Gasteiger partial charge in [0.05, 0.1) is 0 Å². The molecule has 0 amide bonds. The SMILES string of the molecule is C=CCC[C@H]1[Se][C@H]2C=C[C@@H]1C2. The van der Waals surface area contributed by atoms with E-state index >= 15 is 0 Å². The van der Waals surface area contributed by atoms with Crippen molar-refractivity contribution in [2.24, 2.45) is 5.92 Å². The predicted octanol–water partition coefficient (Wildman–Crippen LogP) is 2.82. The molecule has 1 heteroatoms. The Kier molecular flexibility index (Phi) is 2.20. The zero-order valence-corrected chi connectivity index (χ0v) is 8.41. The van der Waals surface area contributed by atoms with Gasteiger partial charge in [0.15, 0.2) is 0 Å². The van der Waals surface area contributed by atoms with Crippen LogP contribution in [0.2, 0.25) is 9.63 Å². The zero-order valence-electron chi connectivity index (χ0n) is 6.70. The molecule has 1 heterocycles. The summed E-state index contributed by atoms with van der Waals surface area (Å²) in [6.45, 7) is 3.77. The van der Waals surface area contributed by atoms with Gasteiger partial charge in [-0.25, -0.2) is 0 Å². The number of hydrogen-bond acceptors (Lipinski definition) is 0. The minimum atomic E-state index is 0.919. The fourth-order valence-corrected chi connectivity index (χ4v) is 5.40. The summed E-state index contributed by atoms with van der Waals surface area (Å²) in [6, 6.07) is 0. The average Bonchev–Trinajstić information content (AvgIpc) is 2.60. The minimum absolute atomic E-state index is 0.919. The molecule has 0 aromatic carbocycles. The van der Waals surface area contributed by atoms with E-state index in [0.29, 0.717) is 0 Å². The first-order valence-electron chi connectivity index (χ1n) is 4.35. The van der Waals surface area contributed by atoms with Crippen LogP contribution in [-0.4, -0.2) is 15.0 Å². The van der Waals surface area contributed by atoms with E-state index in [9.17, 15) is 0 Å². The Hall–Kier alpha value is -0.000519. The van der Waals surface area contributed by atoms with Gasteiger partial charge in [0.25, 0.3) is 0 Å². The van der Waals surface area contributed by atoms with E-state index in [2.05, 4.69) is 24.8 Å². The summed E-state index contributed by atoms with van der Waals surface area (Å²) in [5.74, 6) is 0.958. The van der Waals surface area contributed by atoms with Crippen molar-refractivity contribution in [2.75, 3.05) is 0 Å². The molecule has 1 aliphatic carbocycles. The molecule has 2 rings (SSSR count). The molecule has 3 atom stereocenters. The van der Waals surface area contributed by atoms with Crippen LogP contribution in [0, 0.1) is 5.92 Å². The normalized spacial score (nSPS) is 39.8. The molecule has 60 valence electrons. The summed E-state index contributed by atoms with van der Waals surface area (Å²) in [4.78, 5) is 2.05. The van der Waals surface area contributed by atoms with Crippen molar-refractivity contribution < 1.29 is 0 Å². The Morgan fingerprint density at radius 2 is 2.45 bits per heavy atom. The Labute approximate surface area is 74.9 Å². The average molecular weight is 213 g/mol. The van der Waals surface area contributed by atoms with E-state index in [1.807, 2.05) is 0 Å². The second-order valence-corrected chi connectivity index (χ2v) is 6.48. The molecule has 1 fully saturated rings. The zero-order chi connectivity index (χ0) is 7.68. The molecule has 2 aliphatic rings. The van der Waals surface area contributed by atoms with Crippen LogP contribution in [0.1, 0.15) is 19.3 Å². The molecular weight excluding hydrogens is 199 g/mol. The quantitative estimate of drug-likeness (QED) is 0.499. The number of fused-ring (bicyclic) bond motifs is 2. The first-order chi connectivity index (χ1) is 5.40. The molecule has 0 aromatic heterocycles. The molecule has 0 unspecified atom stereocenters. The Morgan fingerprint density at radius 3 is 3.00 bits per heavy atom. The molecule has 0 nitrogen and oxygen atoms in total. The second-order valence-electron chi connectivity index (χ2n) is 3.36. The van der Waals surface area contributed by atoms with Crippen molar-refractivity contribution in [3.05, 3.63) is 24.8 Å². The first-order valence-corrected chi connectivity index (χ1v) is 6.32. The Balaban J connectivity index is 1.88. The maximum absolute atomic E-state index is 3.77. The van der Waals surface area contributed by atoms with Crippen LogP contribution < -0.4 is 0 Å². The molecule has 1 saturated heterocycles. The van der Waals surface area contributed by atoms with E-state index in [1.165, 1.54) is 19.3 Å². The van der Waals surface area contributed by atoms with E-state index in [-0.39, 0.29) is 0 Å². The Morgan fingerprint density at radius 1 is 1.55 bits per heavy atom. The van der Waals surface area contributed by atoms with Crippen LogP contribution in [0.5, 0.6) is 0 Å². The van der Waals surface area contributed by atoms with Crippen molar-refractivity contribution in [3.8, 4) is 0 Å². The van der Waals surface area contributed by atoms with Crippen molar-refractivity contribution in [2.45, 2.75) is 28.9 Å². The van der Waals surface area contributed by atoms with E-state index in [4.69, 9.17) is 0 Å². The third-order valence-electron chi connectivity index (χ3n) is 2.56. The fraction of sp³-hybridized carbons (Fsp3) is 0.600. The van der Waals surface area contributed by atoms with Crippen molar-refractivity contribution >= 4 is 15.0 Å². The molecule has 0 aromatic rings. The summed E-state index contributed by atoms with van der Waals surface area (Å²) in [7, 11) is 0. The van der Waals surface area contributed by atoms with Crippen LogP contribution in [0.4, 0.5) is 0 Å². The molecule has 1 aliphatic heterocycles. The summed E-state index contributed by atoms with van der Waals surface area (Å²) in [6.07, 6.45) is 11.0. The molecule has 0 saturated carbocycles. The van der Waals surface area contributed by atoms with Gasteiger partial charge in [0.2, 0.25) is 0 Å². The molecule has 2 bridgehead atoms. The van der Waals surface area contributed by atoms with Crippen LogP contribution >= 0.6 is 0 Å². The van der Waals surface area contributed by atoms with E-state index in [1.54, 1.807) is 0 Å². The van der Waals surface area contributed by atoms with Gasteiger partial charge < -0.3 is 0 Å². The van der Waals surface area contributed by atoms with Gasteiger partial charge in [0, 0.05) is 0 Å². The van der Waals surface area contributed by atoms with Gasteiger partial charge in [-0.15, -0.1) is 0 Å². The summed E-state index contributed by atoms with van der Waals surface area (Å²) < 4.78 is 0. The third-order valence-corrected chi connectivity index (χ3v) is 5.99. The van der Waals surface area contributed by atoms with Crippen LogP contribution in [0.15, 0.2) is 24.8 Å². The fourth-order valence-electron chi connectivity index (χ4n) is 1.96. The maximum atomic E-state index is 3.77. The van der Waals surface area contributed by atoms with Gasteiger partial charge in [-0.3, -0.25) is 0 Å². The van der Waals surface area contributed by atoms with Crippen molar-refractivity contribution in [3.63, 3.8) is 0 Å². The molecule has 0 spiro atoms. The van der Waals surface area contributed by atoms with Gasteiger partial charge in [-0.1, -0.05) is 0 Å². The summed E-state index contributed by atoms with van der Waals surface area (Å²) in [5, 5.41) is 0. The summed E-state index contributed by atoms with van der Waals surface area (Å²) >= 11 is 0.919. The van der Waals surface area contributed by atoms with Crippen molar-refractivity contribution in [1.29, 1.82) is 0 Å². The molecule has 0 radical (unpaired) electrons. The second kappa shape index (κ2) is 3.16. The standard InChI is InChI=1S/C10H14Se/c1-2-3-4-10-8-5-6-9(7-8)11-10/h2,5-6,8-10H,1,3-4,7H2/t8-,9+,10-/m1/s1. The predicted molar refractivity (Wildman–Crippen MR) is 49.9 cm³/mol. The van der Waals surface area contributed by atoms with Crippen LogP contribution in [-0.2, 0) is 0 Å². The van der Waals surface area contributed by atoms with Gasteiger partial charge in [-0.05, 0) is 0 Å². The summed E-state index contributed by atoms with van der Waals surface area (Å²) in [5.41, 5.74) is 0. The number of rotatable bonds is 3. The first kappa shape index (κ1) is 7.64. The Bertz CT molecular complexity index is 183. The third kappa shape index (κ3) is 1.45. The number of hydrogen-bond donors (Lipinski definition) is 0. The van der Waals surface area contributed by atoms with Gasteiger partial charge in [-0.2, -0.15) is 0 Å². The van der Waals surface area contributed by atoms with Crippen LogP contribution in [0.3, 0.4) is 0 Å². The molecule has 11 heavy (non-hydrogen) atoms. The topological polar surface area (TPSA) is 0 Å². The van der Waals surface area contributed by atoms with Gasteiger partial charge in [0.1, 0.15) is 0 Å². The number of allylic oxidation sites excluding steroid dienone is 3. The van der Waals surface area contributed by atoms with Crippen molar-refractivity contribution in [1.82, 2.24) is 0 Å². The van der Waals surface area contributed by atoms with Gasteiger partial charge >= 0.3 is 74.6 Å². The molecule has 0 N–H and O–H groups in total. The molecular formula is C10H14Se. The van der Waals surface area contributed by atoms with E-state index in [0.717, 1.165) is 30.5 Å². The van der Waals surface area contributed by atoms with E-state index < -0.39 is 0 Å². The van der Waals surface area contributed by atoms with Crippen LogP contribution in [0.25, 0.3) is 0 Å². The monoisotopic (exact) mass is 214 g/mol.